The zero-order chi connectivity index (χ0) is 27.0. The molecule has 8 nitrogen and oxygen atoms in total. The molecule has 0 unspecified atom stereocenters. The average Bonchev–Trinajstić information content (AvgIpc) is 3.38. The number of carbonyl (C=O) groups excluding carboxylic acids is 3. The number of amides is 3. The van der Waals surface area contributed by atoms with Crippen LogP contribution in [-0.2, 0) is 20.9 Å². The Hall–Kier alpha value is -2.52. The number of carbonyl (C=O) groups is 3. The fraction of sp³-hybridized carbons (Fsp3) is 0.679. The van der Waals surface area contributed by atoms with E-state index in [-0.39, 0.29) is 30.2 Å². The molecule has 2 aliphatic rings. The van der Waals surface area contributed by atoms with Crippen LogP contribution >= 0.6 is 0 Å². The van der Waals surface area contributed by atoms with Crippen LogP contribution < -0.4 is 10.6 Å². The number of hydroxylamine groups is 2. The molecule has 1 saturated heterocycles. The molecule has 1 saturated carbocycles. The molecule has 1 aromatic carbocycles. The van der Waals surface area contributed by atoms with Crippen molar-refractivity contribution in [1.82, 2.24) is 20.6 Å². The molecule has 0 aromatic heterocycles. The molecule has 0 radical (unpaired) electrons. The van der Waals surface area contributed by atoms with Crippen molar-refractivity contribution in [3.63, 3.8) is 0 Å². The minimum absolute atomic E-state index is 0.0813. The molecule has 0 bridgehead atoms. The first-order chi connectivity index (χ1) is 17.6. The summed E-state index contributed by atoms with van der Waals surface area (Å²) in [5, 5.41) is 16.8. The summed E-state index contributed by atoms with van der Waals surface area (Å²) < 4.78 is 13.1. The van der Waals surface area contributed by atoms with E-state index in [0.29, 0.717) is 43.4 Å². The van der Waals surface area contributed by atoms with Crippen molar-refractivity contribution in [2.24, 2.45) is 17.3 Å². The summed E-state index contributed by atoms with van der Waals surface area (Å²) in [5.41, 5.74) is 0.505. The number of nitrogens with one attached hydrogen (secondary N) is 2. The lowest BCUT2D eigenvalue weighted by atomic mass is 9.84. The highest BCUT2D eigenvalue weighted by Gasteiger charge is 2.38. The summed E-state index contributed by atoms with van der Waals surface area (Å²) >= 11 is 0. The highest BCUT2D eigenvalue weighted by Crippen LogP contribution is 2.31. The zero-order valence-electron chi connectivity index (χ0n) is 22.4. The Kier molecular flexibility index (Phi) is 10.5. The van der Waals surface area contributed by atoms with Crippen LogP contribution in [0.3, 0.4) is 0 Å². The van der Waals surface area contributed by atoms with Crippen molar-refractivity contribution < 1.29 is 24.0 Å². The number of piperidine rings is 1. The summed E-state index contributed by atoms with van der Waals surface area (Å²) in [6, 6.07) is 5.98. The quantitative estimate of drug-likeness (QED) is 0.237. The monoisotopic (exact) mass is 518 g/mol. The number of hydrogen-bond donors (Lipinski definition) is 3. The summed E-state index contributed by atoms with van der Waals surface area (Å²) in [6.45, 7) is 7.53. The topological polar surface area (TPSA) is 102 Å². The van der Waals surface area contributed by atoms with Gasteiger partial charge in [0.1, 0.15) is 11.9 Å². The van der Waals surface area contributed by atoms with E-state index in [1.807, 2.05) is 25.7 Å². The molecule has 3 rings (SSSR count). The maximum atomic E-state index is 13.6. The molecule has 1 aliphatic carbocycles. The lowest BCUT2D eigenvalue weighted by molar-refractivity contribution is -0.156. The first-order valence-electron chi connectivity index (χ1n) is 13.5. The van der Waals surface area contributed by atoms with Crippen molar-refractivity contribution in [1.29, 1.82) is 0 Å². The van der Waals surface area contributed by atoms with E-state index < -0.39 is 17.4 Å². The molecule has 206 valence electrons. The molecular weight excluding hydrogens is 475 g/mol. The smallest absolute Gasteiger partial charge is 0.245 e. The lowest BCUT2D eigenvalue weighted by Gasteiger charge is -2.39. The van der Waals surface area contributed by atoms with Crippen LogP contribution in [0.15, 0.2) is 24.3 Å². The van der Waals surface area contributed by atoms with Crippen molar-refractivity contribution in [3.05, 3.63) is 35.6 Å². The predicted molar refractivity (Wildman–Crippen MR) is 139 cm³/mol. The van der Waals surface area contributed by atoms with Crippen molar-refractivity contribution in [2.45, 2.75) is 84.3 Å². The Morgan fingerprint density at radius 1 is 1.14 bits per heavy atom. The first kappa shape index (κ1) is 29.0. The van der Waals surface area contributed by atoms with Gasteiger partial charge in [-0.15, -0.1) is 0 Å². The molecule has 3 N–H and O–H groups in total. The lowest BCUT2D eigenvalue weighted by Crippen LogP contribution is -2.58. The summed E-state index contributed by atoms with van der Waals surface area (Å²) in [5.74, 6) is -0.831. The minimum atomic E-state index is -0.710. The van der Waals surface area contributed by atoms with Crippen molar-refractivity contribution in [3.8, 4) is 0 Å². The molecule has 1 heterocycles. The van der Waals surface area contributed by atoms with Crippen molar-refractivity contribution in [2.75, 3.05) is 19.6 Å². The van der Waals surface area contributed by atoms with E-state index in [2.05, 4.69) is 10.6 Å². The van der Waals surface area contributed by atoms with Gasteiger partial charge in [0, 0.05) is 25.7 Å². The van der Waals surface area contributed by atoms with Gasteiger partial charge in [-0.2, -0.15) is 0 Å². The second-order valence-corrected chi connectivity index (χ2v) is 11.7. The van der Waals surface area contributed by atoms with Gasteiger partial charge in [0.2, 0.25) is 18.2 Å². The molecule has 2 atom stereocenters. The van der Waals surface area contributed by atoms with Gasteiger partial charge < -0.3 is 15.5 Å². The second-order valence-electron chi connectivity index (χ2n) is 11.7. The molecule has 3 amide bonds. The van der Waals surface area contributed by atoms with Crippen LogP contribution in [0.4, 0.5) is 4.39 Å². The Morgan fingerprint density at radius 2 is 1.76 bits per heavy atom. The molecular formula is C28H43FN4O4. The number of halogens is 1. The van der Waals surface area contributed by atoms with Gasteiger partial charge in [-0.05, 0) is 48.3 Å². The number of nitrogens with zero attached hydrogens (tertiary/aromatic N) is 2. The normalized spacial score (nSPS) is 18.9. The van der Waals surface area contributed by atoms with Gasteiger partial charge in [0.05, 0.1) is 12.5 Å². The van der Waals surface area contributed by atoms with Gasteiger partial charge in [-0.3, -0.25) is 19.6 Å². The number of hydrogen-bond acceptors (Lipinski definition) is 5. The van der Waals surface area contributed by atoms with Crippen LogP contribution in [0.5, 0.6) is 0 Å². The number of likely N-dealkylation sites (tertiary alicyclic amines) is 1. The Labute approximate surface area is 219 Å². The maximum absolute atomic E-state index is 13.6. The van der Waals surface area contributed by atoms with E-state index >= 15 is 0 Å². The van der Waals surface area contributed by atoms with Crippen LogP contribution in [0, 0.1) is 23.1 Å². The van der Waals surface area contributed by atoms with Crippen LogP contribution in [0.25, 0.3) is 0 Å². The van der Waals surface area contributed by atoms with E-state index in [9.17, 15) is 24.0 Å². The fourth-order valence-electron chi connectivity index (χ4n) is 5.44. The molecule has 0 spiro atoms. The molecule has 2 fully saturated rings. The first-order valence-corrected chi connectivity index (χ1v) is 13.5. The largest absolute Gasteiger partial charge is 0.344 e. The number of benzene rings is 1. The highest BCUT2D eigenvalue weighted by atomic mass is 19.1. The summed E-state index contributed by atoms with van der Waals surface area (Å²) in [7, 11) is 0. The van der Waals surface area contributed by atoms with Crippen molar-refractivity contribution >= 4 is 18.2 Å². The SMILES string of the molecule is CC(C)(C)[C@@H](NC(=O)[C@@H](CC1CCCC1)CN(O)C=O)C(=O)N1CCC(NCc2ccc(F)cc2)CC1. The highest BCUT2D eigenvalue weighted by molar-refractivity contribution is 5.89. The van der Waals surface area contributed by atoms with Gasteiger partial charge in [0.15, 0.2) is 0 Å². The molecule has 1 aliphatic heterocycles. The van der Waals surface area contributed by atoms with Gasteiger partial charge >= 0.3 is 0 Å². The van der Waals surface area contributed by atoms with Crippen LogP contribution in [-0.4, -0.2) is 65.1 Å². The second kappa shape index (κ2) is 13.3. The van der Waals surface area contributed by atoms with Gasteiger partial charge in [-0.25, -0.2) is 9.45 Å². The van der Waals surface area contributed by atoms with E-state index in [4.69, 9.17) is 0 Å². The summed E-state index contributed by atoms with van der Waals surface area (Å²) in [6.07, 6.45) is 6.84. The Bertz CT molecular complexity index is 890. The van der Waals surface area contributed by atoms with Gasteiger partial charge in [0.25, 0.3) is 0 Å². The fourth-order valence-corrected chi connectivity index (χ4v) is 5.44. The molecule has 37 heavy (non-hydrogen) atoms. The van der Waals surface area contributed by atoms with E-state index in [1.54, 1.807) is 12.1 Å². The molecule has 1 aromatic rings. The Morgan fingerprint density at radius 3 is 2.32 bits per heavy atom. The van der Waals surface area contributed by atoms with Crippen LogP contribution in [0.2, 0.25) is 0 Å². The average molecular weight is 519 g/mol. The third-order valence-electron chi connectivity index (χ3n) is 7.71. The summed E-state index contributed by atoms with van der Waals surface area (Å²) in [4.78, 5) is 39.8. The third-order valence-corrected chi connectivity index (χ3v) is 7.71. The number of rotatable bonds is 11. The van der Waals surface area contributed by atoms with Gasteiger partial charge in [-0.1, -0.05) is 58.6 Å². The van der Waals surface area contributed by atoms with E-state index in [1.165, 1.54) is 12.1 Å². The van der Waals surface area contributed by atoms with Crippen LogP contribution in [0.1, 0.15) is 71.3 Å². The predicted octanol–water partition coefficient (Wildman–Crippen LogP) is 3.48. The third kappa shape index (κ3) is 8.78. The maximum Gasteiger partial charge on any atom is 0.245 e. The molecule has 9 heteroatoms. The standard InChI is InChI=1S/C28H43FN4O4/c1-28(2,3)25(31-26(35)22(18-33(37)19-34)16-20-6-4-5-7-20)27(36)32-14-12-24(13-15-32)30-17-21-8-10-23(29)11-9-21/h8-11,19-20,22,24-25,30,37H,4-7,12-18H2,1-3H3,(H,31,35)/t22-,25-/m0/s1. The van der Waals surface area contributed by atoms with E-state index in [0.717, 1.165) is 44.1 Å². The zero-order valence-corrected chi connectivity index (χ0v) is 22.4. The minimum Gasteiger partial charge on any atom is -0.344 e. The Balaban J connectivity index is 1.57.